The van der Waals surface area contributed by atoms with Crippen LogP contribution in [0.2, 0.25) is 0 Å². The molecule has 0 unspecified atom stereocenters. The molecule has 106 valence electrons. The van der Waals surface area contributed by atoms with E-state index in [1.807, 2.05) is 31.2 Å². The van der Waals surface area contributed by atoms with E-state index < -0.39 is 11.8 Å². The first-order valence-corrected chi connectivity index (χ1v) is 6.41. The zero-order valence-electron chi connectivity index (χ0n) is 11.5. The molecule has 1 aromatic carbocycles. The third kappa shape index (κ3) is 4.28. The average molecular weight is 281 g/mol. The Bertz CT molecular complexity index is 666. The maximum atomic E-state index is 11.7. The number of carbonyl (C=O) groups excluding carboxylic acids is 2. The number of carbonyl (C=O) groups is 2. The minimum absolute atomic E-state index is 0.393. The molecule has 0 atom stereocenters. The van der Waals surface area contributed by atoms with Crippen molar-refractivity contribution in [1.82, 2.24) is 15.8 Å². The van der Waals surface area contributed by atoms with Crippen LogP contribution in [0.15, 0.2) is 54.9 Å². The van der Waals surface area contributed by atoms with Gasteiger partial charge in [-0.2, -0.15) is 0 Å². The highest BCUT2D eigenvalue weighted by Crippen LogP contribution is 2.08. The fourth-order valence-corrected chi connectivity index (χ4v) is 1.67. The fraction of sp³-hybridized carbons (Fsp3) is 0.0625. The Morgan fingerprint density at radius 3 is 2.48 bits per heavy atom. The molecule has 1 heterocycles. The molecule has 21 heavy (non-hydrogen) atoms. The number of aromatic nitrogens is 1. The van der Waals surface area contributed by atoms with Crippen molar-refractivity contribution in [3.63, 3.8) is 0 Å². The molecule has 2 aromatic rings. The Labute approximate surface area is 122 Å². The second-order valence-corrected chi connectivity index (χ2v) is 4.37. The van der Waals surface area contributed by atoms with E-state index in [1.54, 1.807) is 18.2 Å². The van der Waals surface area contributed by atoms with Gasteiger partial charge >= 0.3 is 0 Å². The van der Waals surface area contributed by atoms with Gasteiger partial charge < -0.3 is 0 Å². The molecular weight excluding hydrogens is 266 g/mol. The van der Waals surface area contributed by atoms with Gasteiger partial charge in [0, 0.05) is 24.0 Å². The lowest BCUT2D eigenvalue weighted by molar-refractivity contribution is -0.117. The van der Waals surface area contributed by atoms with E-state index in [1.165, 1.54) is 18.5 Å². The first-order chi connectivity index (χ1) is 10.2. The summed E-state index contributed by atoms with van der Waals surface area (Å²) in [6.07, 6.45) is 6.09. The first kappa shape index (κ1) is 14.5. The van der Waals surface area contributed by atoms with E-state index in [0.717, 1.165) is 11.1 Å². The van der Waals surface area contributed by atoms with Crippen molar-refractivity contribution in [2.75, 3.05) is 0 Å². The highest BCUT2D eigenvalue weighted by atomic mass is 16.2. The average Bonchev–Trinajstić information content (AvgIpc) is 2.52. The normalized spacial score (nSPS) is 10.3. The Hall–Kier alpha value is -2.95. The van der Waals surface area contributed by atoms with Crippen LogP contribution in [0.1, 0.15) is 21.5 Å². The second kappa shape index (κ2) is 7.00. The van der Waals surface area contributed by atoms with Crippen molar-refractivity contribution in [2.45, 2.75) is 6.92 Å². The molecule has 2 amide bonds. The third-order valence-corrected chi connectivity index (χ3v) is 2.84. The number of benzene rings is 1. The van der Waals surface area contributed by atoms with Crippen molar-refractivity contribution in [2.24, 2.45) is 0 Å². The smallest absolute Gasteiger partial charge is 0.268 e. The Balaban J connectivity index is 1.88. The molecule has 2 N–H and O–H groups in total. The van der Waals surface area contributed by atoms with Crippen LogP contribution in [0.4, 0.5) is 0 Å². The summed E-state index contributed by atoms with van der Waals surface area (Å²) < 4.78 is 0. The fourth-order valence-electron chi connectivity index (χ4n) is 1.67. The molecule has 2 rings (SSSR count). The van der Waals surface area contributed by atoms with Gasteiger partial charge in [0.25, 0.3) is 11.8 Å². The van der Waals surface area contributed by atoms with Crippen molar-refractivity contribution in [3.8, 4) is 0 Å². The minimum Gasteiger partial charge on any atom is -0.268 e. The first-order valence-electron chi connectivity index (χ1n) is 6.41. The number of hydrazine groups is 1. The van der Waals surface area contributed by atoms with Gasteiger partial charge in [-0.15, -0.1) is 0 Å². The number of aryl methyl sites for hydroxylation is 1. The van der Waals surface area contributed by atoms with Crippen LogP contribution in [-0.2, 0) is 4.79 Å². The molecule has 0 saturated carbocycles. The minimum atomic E-state index is -0.402. The summed E-state index contributed by atoms with van der Waals surface area (Å²) in [5.41, 5.74) is 7.10. The second-order valence-electron chi connectivity index (χ2n) is 4.37. The van der Waals surface area contributed by atoms with Crippen LogP contribution < -0.4 is 10.9 Å². The Morgan fingerprint density at radius 2 is 1.76 bits per heavy atom. The van der Waals surface area contributed by atoms with E-state index in [-0.39, 0.29) is 0 Å². The molecule has 0 saturated heterocycles. The number of nitrogens with one attached hydrogen (secondary N) is 2. The van der Waals surface area contributed by atoms with E-state index in [9.17, 15) is 9.59 Å². The summed E-state index contributed by atoms with van der Waals surface area (Å²) in [5, 5.41) is 0. The molecule has 1 aromatic heterocycles. The van der Waals surface area contributed by atoms with Gasteiger partial charge in [0.15, 0.2) is 0 Å². The molecular formula is C16H15N3O2. The molecule has 0 spiro atoms. The summed E-state index contributed by atoms with van der Waals surface area (Å²) in [4.78, 5) is 27.2. The molecule has 0 aliphatic rings. The number of pyridine rings is 1. The van der Waals surface area contributed by atoms with Gasteiger partial charge in [-0.3, -0.25) is 25.4 Å². The van der Waals surface area contributed by atoms with Crippen molar-refractivity contribution in [3.05, 3.63) is 71.6 Å². The lowest BCUT2D eigenvalue weighted by Crippen LogP contribution is -2.40. The maximum Gasteiger partial charge on any atom is 0.269 e. The summed E-state index contributed by atoms with van der Waals surface area (Å²) in [6.45, 7) is 1.96. The molecule has 0 aliphatic heterocycles. The van der Waals surface area contributed by atoms with Crippen molar-refractivity contribution in [1.29, 1.82) is 0 Å². The van der Waals surface area contributed by atoms with E-state index in [4.69, 9.17) is 0 Å². The van der Waals surface area contributed by atoms with Crippen LogP contribution in [0.3, 0.4) is 0 Å². The standard InChI is InChI=1S/C16H15N3O2/c1-12-4-2-3-5-13(12)6-7-15(20)18-19-16(21)14-8-10-17-11-9-14/h2-11H,1H3,(H,18,20)(H,19,21)/b7-6+. The van der Waals surface area contributed by atoms with Crippen molar-refractivity contribution < 1.29 is 9.59 Å². The van der Waals surface area contributed by atoms with E-state index in [2.05, 4.69) is 15.8 Å². The van der Waals surface area contributed by atoms with Crippen molar-refractivity contribution >= 4 is 17.9 Å². The predicted octanol–water partition coefficient (Wildman–Crippen LogP) is 1.86. The highest BCUT2D eigenvalue weighted by Gasteiger charge is 2.04. The maximum absolute atomic E-state index is 11.7. The predicted molar refractivity (Wildman–Crippen MR) is 80.1 cm³/mol. The Kier molecular flexibility index (Phi) is 4.82. The molecule has 0 aliphatic carbocycles. The van der Waals surface area contributed by atoms with Gasteiger partial charge in [-0.05, 0) is 36.3 Å². The molecule has 0 bridgehead atoms. The van der Waals surface area contributed by atoms with Crippen LogP contribution in [0.5, 0.6) is 0 Å². The topological polar surface area (TPSA) is 71.1 Å². The van der Waals surface area contributed by atoms with Crippen LogP contribution >= 0.6 is 0 Å². The van der Waals surface area contributed by atoms with E-state index in [0.29, 0.717) is 5.56 Å². The summed E-state index contributed by atoms with van der Waals surface area (Å²) >= 11 is 0. The summed E-state index contributed by atoms with van der Waals surface area (Å²) in [5.74, 6) is -0.796. The van der Waals surface area contributed by atoms with Crippen LogP contribution in [0, 0.1) is 6.92 Å². The zero-order valence-corrected chi connectivity index (χ0v) is 11.5. The largest absolute Gasteiger partial charge is 0.269 e. The third-order valence-electron chi connectivity index (χ3n) is 2.84. The summed E-state index contributed by atoms with van der Waals surface area (Å²) in [7, 11) is 0. The van der Waals surface area contributed by atoms with Gasteiger partial charge in [0.2, 0.25) is 0 Å². The Morgan fingerprint density at radius 1 is 1.05 bits per heavy atom. The van der Waals surface area contributed by atoms with Crippen LogP contribution in [-0.4, -0.2) is 16.8 Å². The number of hydrogen-bond donors (Lipinski definition) is 2. The monoisotopic (exact) mass is 281 g/mol. The summed E-state index contributed by atoms with van der Waals surface area (Å²) in [6, 6.07) is 10.8. The molecule has 5 nitrogen and oxygen atoms in total. The zero-order chi connectivity index (χ0) is 15.1. The van der Waals surface area contributed by atoms with Gasteiger partial charge in [0.1, 0.15) is 0 Å². The van der Waals surface area contributed by atoms with Crippen LogP contribution in [0.25, 0.3) is 6.08 Å². The van der Waals surface area contributed by atoms with E-state index >= 15 is 0 Å². The number of hydrogen-bond acceptors (Lipinski definition) is 3. The number of rotatable bonds is 3. The van der Waals surface area contributed by atoms with Gasteiger partial charge in [-0.1, -0.05) is 24.3 Å². The number of amides is 2. The molecule has 0 radical (unpaired) electrons. The lowest BCUT2D eigenvalue weighted by atomic mass is 10.1. The van der Waals surface area contributed by atoms with Gasteiger partial charge in [0.05, 0.1) is 0 Å². The number of nitrogens with zero attached hydrogens (tertiary/aromatic N) is 1. The SMILES string of the molecule is Cc1ccccc1/C=C/C(=O)NNC(=O)c1ccncc1. The quantitative estimate of drug-likeness (QED) is 0.666. The molecule has 5 heteroatoms. The highest BCUT2D eigenvalue weighted by molar-refractivity contribution is 5.97. The van der Waals surface area contributed by atoms with Gasteiger partial charge in [-0.25, -0.2) is 0 Å². The molecule has 0 fully saturated rings. The lowest BCUT2D eigenvalue weighted by Gasteiger charge is -2.05.